The molecule has 0 saturated carbocycles. The molecule has 0 spiro atoms. The first kappa shape index (κ1) is 16.0. The lowest BCUT2D eigenvalue weighted by Crippen LogP contribution is -2.19. The van der Waals surface area contributed by atoms with Crippen molar-refractivity contribution in [2.75, 3.05) is 0 Å². The molecule has 21 heavy (non-hydrogen) atoms. The molecule has 112 valence electrons. The van der Waals surface area contributed by atoms with E-state index >= 15 is 0 Å². The second-order valence-electron chi connectivity index (χ2n) is 4.63. The van der Waals surface area contributed by atoms with E-state index < -0.39 is 23.6 Å². The van der Waals surface area contributed by atoms with Gasteiger partial charge in [0, 0.05) is 10.5 Å². The van der Waals surface area contributed by atoms with E-state index in [4.69, 9.17) is 5.73 Å². The van der Waals surface area contributed by atoms with Gasteiger partial charge < -0.3 is 5.73 Å². The smallest absolute Gasteiger partial charge is 0.324 e. The molecule has 0 aliphatic rings. The van der Waals surface area contributed by atoms with Gasteiger partial charge in [0.1, 0.15) is 5.82 Å². The van der Waals surface area contributed by atoms with Gasteiger partial charge in [-0.25, -0.2) is 4.39 Å². The zero-order chi connectivity index (χ0) is 15.6. The quantitative estimate of drug-likeness (QED) is 0.777. The van der Waals surface area contributed by atoms with Crippen LogP contribution in [0.3, 0.4) is 0 Å². The molecule has 2 N–H and O–H groups in total. The Hall–Kier alpha value is -1.40. The van der Waals surface area contributed by atoms with Gasteiger partial charge in [-0.15, -0.1) is 0 Å². The molecular formula is C15H12BrF4N. The van der Waals surface area contributed by atoms with Gasteiger partial charge in [0.2, 0.25) is 0 Å². The Balaban J connectivity index is 2.33. The fraction of sp³-hybridized carbons (Fsp3) is 0.200. The van der Waals surface area contributed by atoms with Crippen LogP contribution in [0, 0.1) is 5.82 Å². The lowest BCUT2D eigenvalue weighted by atomic mass is 9.95. The van der Waals surface area contributed by atoms with Gasteiger partial charge in [-0.2, -0.15) is 13.2 Å². The van der Waals surface area contributed by atoms with Crippen molar-refractivity contribution in [2.24, 2.45) is 5.73 Å². The van der Waals surface area contributed by atoms with E-state index in [-0.39, 0.29) is 17.5 Å². The summed E-state index contributed by atoms with van der Waals surface area (Å²) in [5.41, 5.74) is 5.31. The van der Waals surface area contributed by atoms with Gasteiger partial charge in [0.05, 0.1) is 5.56 Å². The highest BCUT2D eigenvalue weighted by Crippen LogP contribution is 2.35. The maximum Gasteiger partial charge on any atom is 0.416 e. The van der Waals surface area contributed by atoms with E-state index in [2.05, 4.69) is 15.9 Å². The van der Waals surface area contributed by atoms with Crippen molar-refractivity contribution in [1.82, 2.24) is 0 Å². The maximum atomic E-state index is 13.7. The minimum Gasteiger partial charge on any atom is -0.324 e. The maximum absolute atomic E-state index is 13.7. The van der Waals surface area contributed by atoms with Crippen molar-refractivity contribution in [3.05, 3.63) is 69.4 Å². The molecule has 2 aromatic rings. The van der Waals surface area contributed by atoms with Crippen LogP contribution in [0.2, 0.25) is 0 Å². The number of hydrogen-bond acceptors (Lipinski definition) is 1. The number of hydrogen-bond donors (Lipinski definition) is 1. The molecule has 0 aliphatic carbocycles. The van der Waals surface area contributed by atoms with Gasteiger partial charge >= 0.3 is 6.18 Å². The number of rotatable bonds is 3. The van der Waals surface area contributed by atoms with Crippen molar-refractivity contribution >= 4 is 15.9 Å². The number of benzene rings is 2. The largest absolute Gasteiger partial charge is 0.416 e. The monoisotopic (exact) mass is 361 g/mol. The van der Waals surface area contributed by atoms with Crippen molar-refractivity contribution in [3.8, 4) is 0 Å². The first-order chi connectivity index (χ1) is 9.79. The average Bonchev–Trinajstić information content (AvgIpc) is 2.42. The first-order valence-corrected chi connectivity index (χ1v) is 6.94. The highest BCUT2D eigenvalue weighted by atomic mass is 79.9. The van der Waals surface area contributed by atoms with E-state index in [1.165, 1.54) is 36.4 Å². The number of halogens is 5. The minimum atomic E-state index is -4.48. The predicted molar refractivity (Wildman–Crippen MR) is 76.2 cm³/mol. The van der Waals surface area contributed by atoms with E-state index in [1.807, 2.05) is 0 Å². The van der Waals surface area contributed by atoms with E-state index in [9.17, 15) is 17.6 Å². The normalized spacial score (nSPS) is 13.2. The molecule has 0 fully saturated rings. The van der Waals surface area contributed by atoms with E-state index in [1.54, 1.807) is 0 Å². The van der Waals surface area contributed by atoms with Crippen molar-refractivity contribution in [1.29, 1.82) is 0 Å². The second-order valence-corrected chi connectivity index (χ2v) is 5.55. The Morgan fingerprint density at radius 1 is 1.10 bits per heavy atom. The highest BCUT2D eigenvalue weighted by Gasteiger charge is 2.34. The molecule has 2 aromatic carbocycles. The molecule has 0 aliphatic heterocycles. The third-order valence-corrected chi connectivity index (χ3v) is 3.61. The van der Waals surface area contributed by atoms with Crippen LogP contribution in [0.4, 0.5) is 17.6 Å². The standard InChI is InChI=1S/C15H12BrF4N/c16-10-5-6-13(17)9(7-10)8-14(21)11-3-1-2-4-12(11)15(18,19)20/h1-7,14H,8,21H2. The van der Waals surface area contributed by atoms with Crippen LogP contribution in [0.1, 0.15) is 22.7 Å². The first-order valence-electron chi connectivity index (χ1n) is 6.14. The molecule has 0 saturated heterocycles. The average molecular weight is 362 g/mol. The molecule has 6 heteroatoms. The Kier molecular flexibility index (Phi) is 4.68. The lowest BCUT2D eigenvalue weighted by molar-refractivity contribution is -0.138. The predicted octanol–water partition coefficient (Wildman–Crippen LogP) is 4.85. The van der Waals surface area contributed by atoms with Crippen LogP contribution in [0.5, 0.6) is 0 Å². The third kappa shape index (κ3) is 3.83. The number of alkyl halides is 3. The van der Waals surface area contributed by atoms with Crippen LogP contribution in [0.15, 0.2) is 46.9 Å². The lowest BCUT2D eigenvalue weighted by Gasteiger charge is -2.18. The molecule has 1 unspecified atom stereocenters. The van der Waals surface area contributed by atoms with Crippen molar-refractivity contribution in [2.45, 2.75) is 18.6 Å². The van der Waals surface area contributed by atoms with E-state index in [0.717, 1.165) is 6.07 Å². The summed E-state index contributed by atoms with van der Waals surface area (Å²) in [4.78, 5) is 0. The molecule has 0 aromatic heterocycles. The Morgan fingerprint density at radius 2 is 1.76 bits per heavy atom. The zero-order valence-corrected chi connectivity index (χ0v) is 12.4. The van der Waals surface area contributed by atoms with Gasteiger partial charge in [-0.05, 0) is 41.8 Å². The fourth-order valence-electron chi connectivity index (χ4n) is 2.13. The molecule has 0 amide bonds. The number of nitrogens with two attached hydrogens (primary N) is 1. The summed E-state index contributed by atoms with van der Waals surface area (Å²) in [5, 5.41) is 0. The molecular weight excluding hydrogens is 350 g/mol. The summed E-state index contributed by atoms with van der Waals surface area (Å²) in [5.74, 6) is -0.488. The molecule has 0 bridgehead atoms. The van der Waals surface area contributed by atoms with Crippen LogP contribution < -0.4 is 5.73 Å². The Morgan fingerprint density at radius 3 is 2.43 bits per heavy atom. The molecule has 1 atom stereocenters. The second kappa shape index (κ2) is 6.15. The SMILES string of the molecule is NC(Cc1cc(Br)ccc1F)c1ccccc1C(F)(F)F. The Bertz CT molecular complexity index is 640. The minimum absolute atomic E-state index is 0.0155. The summed E-state index contributed by atoms with van der Waals surface area (Å²) in [6.45, 7) is 0. The van der Waals surface area contributed by atoms with Gasteiger partial charge in [-0.1, -0.05) is 34.1 Å². The summed E-state index contributed by atoms with van der Waals surface area (Å²) >= 11 is 3.20. The molecule has 2 rings (SSSR count). The summed E-state index contributed by atoms with van der Waals surface area (Å²) in [6.07, 6.45) is -4.50. The van der Waals surface area contributed by atoms with Gasteiger partial charge in [0.25, 0.3) is 0 Å². The topological polar surface area (TPSA) is 26.0 Å². The van der Waals surface area contributed by atoms with Gasteiger partial charge in [0.15, 0.2) is 0 Å². The van der Waals surface area contributed by atoms with Gasteiger partial charge in [-0.3, -0.25) is 0 Å². The van der Waals surface area contributed by atoms with Crippen molar-refractivity contribution in [3.63, 3.8) is 0 Å². The Labute approximate surface area is 127 Å². The summed E-state index contributed by atoms with van der Waals surface area (Å²) in [6, 6.07) is 8.45. The van der Waals surface area contributed by atoms with E-state index in [0.29, 0.717) is 4.47 Å². The van der Waals surface area contributed by atoms with Crippen LogP contribution in [-0.4, -0.2) is 0 Å². The van der Waals surface area contributed by atoms with Crippen LogP contribution in [0.25, 0.3) is 0 Å². The zero-order valence-electron chi connectivity index (χ0n) is 10.8. The molecule has 0 radical (unpaired) electrons. The third-order valence-electron chi connectivity index (χ3n) is 3.11. The summed E-state index contributed by atoms with van der Waals surface area (Å²) in [7, 11) is 0. The molecule has 0 heterocycles. The summed E-state index contributed by atoms with van der Waals surface area (Å²) < 4.78 is 53.2. The fourth-order valence-corrected chi connectivity index (χ4v) is 2.53. The van der Waals surface area contributed by atoms with Crippen LogP contribution >= 0.6 is 15.9 Å². The highest BCUT2D eigenvalue weighted by molar-refractivity contribution is 9.10. The molecule has 1 nitrogen and oxygen atoms in total. The van der Waals surface area contributed by atoms with Crippen LogP contribution in [-0.2, 0) is 12.6 Å². The van der Waals surface area contributed by atoms with Crippen molar-refractivity contribution < 1.29 is 17.6 Å².